The molecule has 0 bridgehead atoms. The molecule has 214 valence electrons. The van der Waals surface area contributed by atoms with Crippen LogP contribution in [0.2, 0.25) is 0 Å². The number of carbonyl (C=O) groups excluding carboxylic acids is 2. The van der Waals surface area contributed by atoms with Crippen molar-refractivity contribution in [1.29, 1.82) is 0 Å². The average Bonchev–Trinajstić information content (AvgIpc) is 2.90. The van der Waals surface area contributed by atoms with Crippen molar-refractivity contribution in [2.24, 2.45) is 0 Å². The molecule has 0 radical (unpaired) electrons. The van der Waals surface area contributed by atoms with Crippen molar-refractivity contribution in [2.45, 2.75) is 78.0 Å². The predicted octanol–water partition coefficient (Wildman–Crippen LogP) is 5.53. The van der Waals surface area contributed by atoms with Crippen LogP contribution in [0.1, 0.15) is 69.3 Å². The highest BCUT2D eigenvalue weighted by Gasteiger charge is 2.29. The third kappa shape index (κ3) is 8.33. The first kappa shape index (κ1) is 30.2. The van der Waals surface area contributed by atoms with Gasteiger partial charge in [0.1, 0.15) is 12.2 Å². The van der Waals surface area contributed by atoms with Gasteiger partial charge in [0, 0.05) is 49.3 Å². The predicted molar refractivity (Wildman–Crippen MR) is 152 cm³/mol. The Balaban J connectivity index is 1.82. The van der Waals surface area contributed by atoms with Crippen LogP contribution < -0.4 is 15.0 Å². The quantitative estimate of drug-likeness (QED) is 0.310. The standard InChI is InChI=1S/C30H43N3O6/c1-8-33(24-12-10-23(11-13-24)32-29(35)39-30(3,4)5)26-18-22(17-25(20(26)2)28(34)37-7)21-9-14-27(31-19-21)38-16-15-36-6/h9,14,17-19,23-24H,8,10-13,15-16H2,1-7H3,(H,32,35)/t23-,24-. The second-order valence-electron chi connectivity index (χ2n) is 10.8. The van der Waals surface area contributed by atoms with Crippen molar-refractivity contribution in [3.8, 4) is 17.0 Å². The number of ether oxygens (including phenoxy) is 4. The molecule has 0 saturated heterocycles. The molecule has 0 atom stereocenters. The van der Waals surface area contributed by atoms with E-state index in [0.29, 0.717) is 24.7 Å². The Hall–Kier alpha value is -3.33. The first-order chi connectivity index (χ1) is 18.6. The summed E-state index contributed by atoms with van der Waals surface area (Å²) in [6.07, 6.45) is 4.94. The van der Waals surface area contributed by atoms with Gasteiger partial charge in [-0.1, -0.05) is 0 Å². The zero-order valence-corrected chi connectivity index (χ0v) is 24.3. The van der Waals surface area contributed by atoms with Gasteiger partial charge >= 0.3 is 12.1 Å². The minimum absolute atomic E-state index is 0.0866. The fraction of sp³-hybridized carbons (Fsp3) is 0.567. The van der Waals surface area contributed by atoms with E-state index in [0.717, 1.165) is 54.6 Å². The highest BCUT2D eigenvalue weighted by Crippen LogP contribution is 2.35. The smallest absolute Gasteiger partial charge is 0.407 e. The van der Waals surface area contributed by atoms with Gasteiger partial charge in [-0.05, 0) is 89.6 Å². The molecule has 0 spiro atoms. The molecule has 3 rings (SSSR count). The normalized spacial score (nSPS) is 17.3. The summed E-state index contributed by atoms with van der Waals surface area (Å²) in [7, 11) is 3.03. The van der Waals surface area contributed by atoms with Crippen LogP contribution >= 0.6 is 0 Å². The zero-order valence-electron chi connectivity index (χ0n) is 24.3. The molecule has 0 aliphatic heterocycles. The van der Waals surface area contributed by atoms with E-state index in [1.165, 1.54) is 7.11 Å². The summed E-state index contributed by atoms with van der Waals surface area (Å²) < 4.78 is 21.2. The summed E-state index contributed by atoms with van der Waals surface area (Å²) in [5, 5.41) is 3.02. The second kappa shape index (κ2) is 13.6. The summed E-state index contributed by atoms with van der Waals surface area (Å²) in [6.45, 7) is 11.4. The lowest BCUT2D eigenvalue weighted by Crippen LogP contribution is -2.45. The Bertz CT molecular complexity index is 1100. The average molecular weight is 542 g/mol. The number of hydrogen-bond acceptors (Lipinski definition) is 8. The van der Waals surface area contributed by atoms with Crippen LogP contribution in [0.15, 0.2) is 30.5 Å². The summed E-state index contributed by atoms with van der Waals surface area (Å²) in [4.78, 5) is 31.8. The number of aromatic nitrogens is 1. The van der Waals surface area contributed by atoms with Crippen LogP contribution in [0.3, 0.4) is 0 Å². The number of methoxy groups -OCH3 is 2. The van der Waals surface area contributed by atoms with Crippen LogP contribution in [0.25, 0.3) is 11.1 Å². The largest absolute Gasteiger partial charge is 0.475 e. The Morgan fingerprint density at radius 3 is 2.33 bits per heavy atom. The van der Waals surface area contributed by atoms with E-state index in [-0.39, 0.29) is 24.1 Å². The van der Waals surface area contributed by atoms with Crippen molar-refractivity contribution in [1.82, 2.24) is 10.3 Å². The van der Waals surface area contributed by atoms with Gasteiger partial charge in [0.05, 0.1) is 19.3 Å². The van der Waals surface area contributed by atoms with Gasteiger partial charge in [0.15, 0.2) is 0 Å². The van der Waals surface area contributed by atoms with Crippen molar-refractivity contribution >= 4 is 17.7 Å². The molecule has 39 heavy (non-hydrogen) atoms. The molecule has 1 N–H and O–H groups in total. The number of benzene rings is 1. The van der Waals surface area contributed by atoms with Crippen molar-refractivity contribution in [2.75, 3.05) is 38.9 Å². The minimum Gasteiger partial charge on any atom is -0.475 e. The number of esters is 1. The number of carbonyl (C=O) groups is 2. The molecule has 1 amide bonds. The maximum absolute atomic E-state index is 12.8. The van der Waals surface area contributed by atoms with Gasteiger partial charge in [-0.2, -0.15) is 0 Å². The van der Waals surface area contributed by atoms with Crippen LogP contribution in [-0.4, -0.2) is 68.7 Å². The van der Waals surface area contributed by atoms with Gasteiger partial charge in [0.2, 0.25) is 5.88 Å². The number of amides is 1. The number of nitrogens with one attached hydrogen (secondary N) is 1. The van der Waals surface area contributed by atoms with Crippen LogP contribution in [-0.2, 0) is 14.2 Å². The first-order valence-corrected chi connectivity index (χ1v) is 13.6. The third-order valence-electron chi connectivity index (χ3n) is 6.90. The molecular weight excluding hydrogens is 498 g/mol. The van der Waals surface area contributed by atoms with E-state index in [1.807, 2.05) is 45.9 Å². The molecule has 9 heteroatoms. The Labute approximate surface area is 232 Å². The lowest BCUT2D eigenvalue weighted by molar-refractivity contribution is 0.0490. The van der Waals surface area contributed by atoms with E-state index in [1.54, 1.807) is 13.3 Å². The molecule has 1 aliphatic carbocycles. The Morgan fingerprint density at radius 2 is 1.77 bits per heavy atom. The molecule has 2 aromatic rings. The number of rotatable bonds is 10. The van der Waals surface area contributed by atoms with Gasteiger partial charge in [0.25, 0.3) is 0 Å². The highest BCUT2D eigenvalue weighted by atomic mass is 16.6. The number of hydrogen-bond donors (Lipinski definition) is 1. The molecular formula is C30H43N3O6. The van der Waals surface area contributed by atoms with E-state index in [4.69, 9.17) is 18.9 Å². The fourth-order valence-electron chi connectivity index (χ4n) is 4.98. The summed E-state index contributed by atoms with van der Waals surface area (Å²) in [5.74, 6) is 0.146. The van der Waals surface area contributed by atoms with Crippen molar-refractivity contribution in [3.63, 3.8) is 0 Å². The lowest BCUT2D eigenvalue weighted by atomic mass is 9.89. The van der Waals surface area contributed by atoms with E-state index in [2.05, 4.69) is 28.2 Å². The second-order valence-corrected chi connectivity index (χ2v) is 10.8. The molecule has 1 fully saturated rings. The Morgan fingerprint density at radius 1 is 1.05 bits per heavy atom. The SMILES string of the molecule is CCN(c1cc(-c2ccc(OCCOC)nc2)cc(C(=O)OC)c1C)[C@H]1CC[C@H](NC(=O)OC(C)(C)C)CC1. The van der Waals surface area contributed by atoms with Crippen LogP contribution in [0, 0.1) is 6.92 Å². The monoisotopic (exact) mass is 541 g/mol. The summed E-state index contributed by atoms with van der Waals surface area (Å²) in [6, 6.07) is 8.11. The number of pyridine rings is 1. The molecule has 1 saturated carbocycles. The highest BCUT2D eigenvalue weighted by molar-refractivity contribution is 5.95. The summed E-state index contributed by atoms with van der Waals surface area (Å²) >= 11 is 0. The maximum atomic E-state index is 12.8. The topological polar surface area (TPSA) is 99.2 Å². The lowest BCUT2D eigenvalue weighted by Gasteiger charge is -2.39. The molecule has 9 nitrogen and oxygen atoms in total. The zero-order chi connectivity index (χ0) is 28.6. The Kier molecular flexibility index (Phi) is 10.6. The molecule has 1 aromatic carbocycles. The van der Waals surface area contributed by atoms with E-state index >= 15 is 0 Å². The van der Waals surface area contributed by atoms with E-state index in [9.17, 15) is 9.59 Å². The van der Waals surface area contributed by atoms with Crippen molar-refractivity contribution < 1.29 is 28.5 Å². The third-order valence-corrected chi connectivity index (χ3v) is 6.90. The maximum Gasteiger partial charge on any atom is 0.407 e. The molecule has 1 heterocycles. The molecule has 1 aliphatic rings. The number of anilines is 1. The summed E-state index contributed by atoms with van der Waals surface area (Å²) in [5.41, 5.74) is 3.65. The fourth-order valence-corrected chi connectivity index (χ4v) is 4.98. The molecule has 1 aromatic heterocycles. The minimum atomic E-state index is -0.521. The van der Waals surface area contributed by atoms with Crippen LogP contribution in [0.5, 0.6) is 5.88 Å². The van der Waals surface area contributed by atoms with E-state index < -0.39 is 5.60 Å². The van der Waals surface area contributed by atoms with Crippen molar-refractivity contribution in [3.05, 3.63) is 41.6 Å². The van der Waals surface area contributed by atoms with Gasteiger partial charge in [-0.15, -0.1) is 0 Å². The van der Waals surface area contributed by atoms with Gasteiger partial charge in [-0.3, -0.25) is 0 Å². The molecule has 0 unspecified atom stereocenters. The first-order valence-electron chi connectivity index (χ1n) is 13.6. The van der Waals surface area contributed by atoms with Crippen LogP contribution in [0.4, 0.5) is 10.5 Å². The number of nitrogens with zero attached hydrogens (tertiary/aromatic N) is 2. The van der Waals surface area contributed by atoms with Gasteiger partial charge < -0.3 is 29.2 Å². The van der Waals surface area contributed by atoms with Gasteiger partial charge in [-0.25, -0.2) is 14.6 Å². The number of alkyl carbamates (subject to hydrolysis) is 1.